The zero-order chi connectivity index (χ0) is 49.6. The lowest BCUT2D eigenvalue weighted by Crippen LogP contribution is -2.49. The van der Waals surface area contributed by atoms with E-state index in [4.69, 9.17) is 9.47 Å². The number of carboxylic acids is 5. The number of para-hydroxylation sites is 2. The lowest BCUT2D eigenvalue weighted by molar-refractivity contribution is -0.462. The molecule has 4 aromatic rings. The lowest BCUT2D eigenvalue weighted by Gasteiger charge is -2.38. The summed E-state index contributed by atoms with van der Waals surface area (Å²) in [5.41, 5.74) is 5.28. The second kappa shape index (κ2) is 20.5. The Morgan fingerprint density at radius 3 is 1.81 bits per heavy atom. The van der Waals surface area contributed by atoms with E-state index in [1.165, 1.54) is 36.4 Å². The van der Waals surface area contributed by atoms with Gasteiger partial charge in [-0.1, -0.05) is 37.4 Å². The van der Waals surface area contributed by atoms with Crippen molar-refractivity contribution < 1.29 is 68.3 Å². The molecule has 0 fully saturated rings. The number of benzene rings is 4. The van der Waals surface area contributed by atoms with Gasteiger partial charge in [-0.2, -0.15) is 0 Å². The number of nitrogens with one attached hydrogen (secondary N) is 1. The number of fused-ring (bicyclic) bond motifs is 2. The largest absolute Gasteiger partial charge is 0.488 e. The van der Waals surface area contributed by atoms with Crippen molar-refractivity contribution in [2.45, 2.75) is 13.1 Å². The number of aliphatic carboxylic acids is 4. The van der Waals surface area contributed by atoms with Crippen molar-refractivity contribution in [2.24, 2.45) is 0 Å². The smallest absolute Gasteiger partial charge is 0.336 e. The van der Waals surface area contributed by atoms with E-state index in [0.29, 0.717) is 5.56 Å². The van der Waals surface area contributed by atoms with Gasteiger partial charge in [-0.25, -0.2) is 9.37 Å². The van der Waals surface area contributed by atoms with Crippen LogP contribution in [0.25, 0.3) is 5.57 Å². The number of nitrogens with zero attached hydrogens (tertiary/aromatic N) is 4. The Morgan fingerprint density at radius 2 is 1.24 bits per heavy atom. The first-order valence-corrected chi connectivity index (χ1v) is 24.2. The molecule has 0 saturated heterocycles. The molecule has 0 saturated carbocycles. The van der Waals surface area contributed by atoms with E-state index < -0.39 is 70.0 Å². The number of carbonyl (C=O) groups excluding carboxylic acids is 1. The molecule has 1 heterocycles. The number of anilines is 4. The maximum Gasteiger partial charge on any atom is 0.336 e. The van der Waals surface area contributed by atoms with Crippen LogP contribution in [0.4, 0.5) is 22.7 Å². The minimum atomic E-state index is -2.35. The van der Waals surface area contributed by atoms with Crippen molar-refractivity contribution >= 4 is 83.0 Å². The van der Waals surface area contributed by atoms with E-state index >= 15 is 0 Å². The van der Waals surface area contributed by atoms with Gasteiger partial charge in [0.15, 0.2) is 5.71 Å². The van der Waals surface area contributed by atoms with E-state index in [0.717, 1.165) is 48.3 Å². The van der Waals surface area contributed by atoms with Crippen LogP contribution >= 0.6 is 0 Å². The molecule has 0 spiro atoms. The molecule has 2 aliphatic rings. The summed E-state index contributed by atoms with van der Waals surface area (Å²) in [5, 5.41) is 53.8. The molecular formula is C49H52N5O13Si+. The van der Waals surface area contributed by atoms with Crippen LogP contribution in [0.3, 0.4) is 0 Å². The van der Waals surface area contributed by atoms with Crippen LogP contribution in [0.1, 0.15) is 31.8 Å². The summed E-state index contributed by atoms with van der Waals surface area (Å²) in [4.78, 5) is 78.1. The Bertz CT molecular complexity index is 2810. The van der Waals surface area contributed by atoms with Gasteiger partial charge in [0.25, 0.3) is 5.91 Å². The summed E-state index contributed by atoms with van der Waals surface area (Å²) in [6.07, 6.45) is 6.21. The fraction of sp³-hybridized carbons (Fsp3) is 0.245. The molecular weight excluding hydrogens is 895 g/mol. The standard InChI is InChI=1S/C49H51N5O13Si/c1-51(2)31-13-16-34-41(23-31)68(5,6)42-24-32(52(3)4)14-17-35(42)47(34)33-15-11-29(21-36(33)49(64)65)48(63)50-30-12-18-38(54(27-45(59)60)28-46(61)62)40(22-30)67-20-19-66-39-10-8-7-9-37(39)53(25-43(55)56)26-44(57)58/h7-18,21-24H,19-20,25-28H2,1-6H3,(H5-,50,55,56,57,58,59,60,61,62,63,64,65)/p+1. The van der Waals surface area contributed by atoms with Gasteiger partial charge in [0.05, 0.1) is 16.9 Å². The van der Waals surface area contributed by atoms with Crippen LogP contribution in [0.2, 0.25) is 13.1 Å². The van der Waals surface area contributed by atoms with Crippen molar-refractivity contribution in [1.82, 2.24) is 0 Å². The van der Waals surface area contributed by atoms with Gasteiger partial charge in [0.1, 0.15) is 73.1 Å². The number of aromatic carboxylic acids is 1. The van der Waals surface area contributed by atoms with Crippen LogP contribution in [0, 0.1) is 0 Å². The van der Waals surface area contributed by atoms with E-state index in [1.807, 2.05) is 62.0 Å². The predicted octanol–water partition coefficient (Wildman–Crippen LogP) is 4.59. The topological polar surface area (TPSA) is 247 Å². The zero-order valence-corrected chi connectivity index (χ0v) is 39.3. The molecule has 1 aliphatic heterocycles. The van der Waals surface area contributed by atoms with Gasteiger partial charge >= 0.3 is 29.8 Å². The summed E-state index contributed by atoms with van der Waals surface area (Å²) < 4.78 is 13.9. The number of rotatable bonds is 20. The molecule has 68 heavy (non-hydrogen) atoms. The van der Waals surface area contributed by atoms with Crippen molar-refractivity contribution in [1.29, 1.82) is 0 Å². The minimum absolute atomic E-state index is 0.0143. The first-order chi connectivity index (χ1) is 32.2. The van der Waals surface area contributed by atoms with Crippen molar-refractivity contribution in [3.05, 3.63) is 130 Å². The maximum absolute atomic E-state index is 14.0. The molecule has 0 aromatic heterocycles. The fourth-order valence-corrected chi connectivity index (χ4v) is 11.2. The lowest BCUT2D eigenvalue weighted by atomic mass is 9.86. The van der Waals surface area contributed by atoms with Gasteiger partial charge < -0.3 is 55.0 Å². The highest BCUT2D eigenvalue weighted by molar-refractivity contribution is 6.98. The molecule has 354 valence electrons. The number of hydrogen-bond donors (Lipinski definition) is 6. The SMILES string of the molecule is CN(C)c1ccc2c(c1)[Si](C)(C)C1=CC(=[N+](C)C)C=CC1=C2c1ccc(C(=O)Nc2ccc(N(CC(=O)O)CC(=O)O)c(OCCOc3ccccc3N(CC(=O)O)CC(=O)O)c2)cc1C(=O)O. The Morgan fingerprint density at radius 1 is 0.662 bits per heavy atom. The summed E-state index contributed by atoms with van der Waals surface area (Å²) in [6.45, 7) is 1.39. The monoisotopic (exact) mass is 946 g/mol. The molecule has 19 heteroatoms. The number of carboxylic acid groups (broad SMARTS) is 5. The quantitative estimate of drug-likeness (QED) is 0.0403. The van der Waals surface area contributed by atoms with Gasteiger partial charge in [-0.3, -0.25) is 24.0 Å². The van der Waals surface area contributed by atoms with Gasteiger partial charge in [0.2, 0.25) is 0 Å². The molecule has 18 nitrogen and oxygen atoms in total. The number of ether oxygens (including phenoxy) is 2. The number of amides is 1. The van der Waals surface area contributed by atoms with Crippen LogP contribution in [-0.4, -0.2) is 147 Å². The zero-order valence-electron chi connectivity index (χ0n) is 38.3. The number of hydrogen-bond acceptors (Lipinski definition) is 11. The third kappa shape index (κ3) is 11.1. The van der Waals surface area contributed by atoms with Gasteiger partial charge in [0, 0.05) is 49.3 Å². The van der Waals surface area contributed by atoms with E-state index in [-0.39, 0.29) is 52.9 Å². The third-order valence-electron chi connectivity index (χ3n) is 11.4. The average molecular weight is 947 g/mol. The maximum atomic E-state index is 14.0. The van der Waals surface area contributed by atoms with E-state index in [2.05, 4.69) is 30.6 Å². The van der Waals surface area contributed by atoms with Crippen LogP contribution < -0.4 is 34.7 Å². The summed E-state index contributed by atoms with van der Waals surface area (Å²) in [7, 11) is 5.52. The third-order valence-corrected chi connectivity index (χ3v) is 14.9. The summed E-state index contributed by atoms with van der Waals surface area (Å²) in [6, 6.07) is 21.0. The van der Waals surface area contributed by atoms with Crippen LogP contribution in [-0.2, 0) is 19.2 Å². The van der Waals surface area contributed by atoms with Crippen LogP contribution in [0.15, 0.2) is 108 Å². The Kier molecular flexibility index (Phi) is 14.9. The first-order valence-electron chi connectivity index (χ1n) is 21.2. The first kappa shape index (κ1) is 49.2. The average Bonchev–Trinajstić information content (AvgIpc) is 3.26. The Hall–Kier alpha value is -8.19. The second-order valence-corrected chi connectivity index (χ2v) is 21.2. The highest BCUT2D eigenvalue weighted by Gasteiger charge is 2.41. The van der Waals surface area contributed by atoms with Crippen molar-refractivity contribution in [2.75, 3.05) is 87.6 Å². The van der Waals surface area contributed by atoms with Crippen molar-refractivity contribution in [3.8, 4) is 11.5 Å². The molecule has 0 radical (unpaired) electrons. The van der Waals surface area contributed by atoms with Crippen molar-refractivity contribution in [3.63, 3.8) is 0 Å². The Balaban J connectivity index is 1.33. The van der Waals surface area contributed by atoms with E-state index in [1.54, 1.807) is 24.3 Å². The molecule has 1 aliphatic carbocycles. The van der Waals surface area contributed by atoms with Gasteiger partial charge in [-0.15, -0.1) is 0 Å². The second-order valence-electron chi connectivity index (χ2n) is 16.9. The normalized spacial score (nSPS) is 13.3. The molecule has 6 rings (SSSR count). The predicted molar refractivity (Wildman–Crippen MR) is 258 cm³/mol. The summed E-state index contributed by atoms with van der Waals surface area (Å²) in [5.74, 6) is -7.05. The summed E-state index contributed by atoms with van der Waals surface area (Å²) >= 11 is 0. The fourth-order valence-electron chi connectivity index (χ4n) is 8.17. The van der Waals surface area contributed by atoms with Gasteiger partial charge in [-0.05, 0) is 87.3 Å². The highest BCUT2D eigenvalue weighted by Crippen LogP contribution is 2.43. The van der Waals surface area contributed by atoms with Crippen LogP contribution in [0.5, 0.6) is 11.5 Å². The molecule has 4 aromatic carbocycles. The molecule has 0 unspecified atom stereocenters. The Labute approximate surface area is 392 Å². The molecule has 0 bridgehead atoms. The molecule has 1 amide bonds. The minimum Gasteiger partial charge on any atom is -0.488 e. The number of carbonyl (C=O) groups is 6. The van der Waals surface area contributed by atoms with E-state index in [9.17, 15) is 54.3 Å². The highest BCUT2D eigenvalue weighted by atomic mass is 28.3. The number of allylic oxidation sites excluding steroid dienone is 5. The molecule has 0 atom stereocenters. The molecule has 6 N–H and O–H groups in total.